The second-order valence-electron chi connectivity index (χ2n) is 7.43. The Bertz CT molecular complexity index is 1550. The fourth-order valence-corrected chi connectivity index (χ4v) is 3.45. The summed E-state index contributed by atoms with van der Waals surface area (Å²) in [7, 11) is 0. The summed E-state index contributed by atoms with van der Waals surface area (Å²) < 4.78 is 28.0. The molecule has 0 aliphatic carbocycles. The van der Waals surface area contributed by atoms with E-state index in [4.69, 9.17) is 0 Å². The number of aromatic nitrogens is 4. The molecule has 5 aromatic rings. The van der Waals surface area contributed by atoms with Crippen molar-refractivity contribution in [1.82, 2.24) is 20.2 Å². The summed E-state index contributed by atoms with van der Waals surface area (Å²) in [5.74, 6) is -2.47. The molecule has 1 amide bonds. The first kappa shape index (κ1) is 21.1. The topological polar surface area (TPSA) is 101 Å². The maximum absolute atomic E-state index is 14.6. The molecule has 9 heteroatoms. The van der Waals surface area contributed by atoms with Gasteiger partial charge in [0.2, 0.25) is 0 Å². The molecule has 5 rings (SSSR count). The lowest BCUT2D eigenvalue weighted by atomic mass is 10.0. The minimum absolute atomic E-state index is 0.0960. The van der Waals surface area contributed by atoms with Crippen molar-refractivity contribution in [3.05, 3.63) is 108 Å². The van der Waals surface area contributed by atoms with E-state index in [2.05, 4.69) is 25.5 Å². The van der Waals surface area contributed by atoms with Gasteiger partial charge < -0.3 is 5.32 Å². The summed E-state index contributed by atoms with van der Waals surface area (Å²) in [6, 6.07) is 13.5. The van der Waals surface area contributed by atoms with Crippen LogP contribution in [0.3, 0.4) is 0 Å². The predicted molar refractivity (Wildman–Crippen MR) is 121 cm³/mol. The molecule has 0 fully saturated rings. The van der Waals surface area contributed by atoms with Gasteiger partial charge in [0.1, 0.15) is 11.6 Å². The lowest BCUT2D eigenvalue weighted by molar-refractivity contribution is 0.101. The van der Waals surface area contributed by atoms with Crippen molar-refractivity contribution in [2.45, 2.75) is 0 Å². The molecule has 0 bridgehead atoms. The Kier molecular flexibility index (Phi) is 5.35. The predicted octanol–water partition coefficient (Wildman–Crippen LogP) is 4.78. The number of amides is 1. The molecule has 34 heavy (non-hydrogen) atoms. The summed E-state index contributed by atoms with van der Waals surface area (Å²) in [5, 5.41) is 9.15. The molecule has 0 unspecified atom stereocenters. The van der Waals surface area contributed by atoms with Crippen LogP contribution in [0.2, 0.25) is 0 Å². The molecule has 0 aliphatic heterocycles. The number of rotatable bonds is 5. The maximum Gasteiger partial charge on any atom is 0.255 e. The van der Waals surface area contributed by atoms with Gasteiger partial charge in [-0.25, -0.2) is 13.8 Å². The van der Waals surface area contributed by atoms with Gasteiger partial charge in [-0.15, -0.1) is 0 Å². The smallest absolute Gasteiger partial charge is 0.255 e. The average molecular weight is 455 g/mol. The normalized spacial score (nSPS) is 10.9. The minimum Gasteiger partial charge on any atom is -0.322 e. The molecule has 0 aliphatic rings. The van der Waals surface area contributed by atoms with Crippen LogP contribution in [0.4, 0.5) is 14.5 Å². The van der Waals surface area contributed by atoms with E-state index >= 15 is 0 Å². The van der Waals surface area contributed by atoms with Gasteiger partial charge in [0.25, 0.3) is 5.91 Å². The van der Waals surface area contributed by atoms with Gasteiger partial charge in [-0.05, 0) is 54.6 Å². The summed E-state index contributed by atoms with van der Waals surface area (Å²) in [6.07, 6.45) is 4.87. The lowest BCUT2D eigenvalue weighted by Crippen LogP contribution is -2.13. The number of nitrogens with one attached hydrogen (secondary N) is 2. The van der Waals surface area contributed by atoms with Crippen molar-refractivity contribution in [3.8, 4) is 11.3 Å². The molecular weight excluding hydrogens is 440 g/mol. The third-order valence-electron chi connectivity index (χ3n) is 5.15. The minimum atomic E-state index is -0.743. The van der Waals surface area contributed by atoms with E-state index in [-0.39, 0.29) is 22.4 Å². The average Bonchev–Trinajstić information content (AvgIpc) is 3.39. The zero-order valence-electron chi connectivity index (χ0n) is 17.4. The highest BCUT2D eigenvalue weighted by atomic mass is 19.1. The van der Waals surface area contributed by atoms with E-state index in [1.54, 1.807) is 24.7 Å². The summed E-state index contributed by atoms with van der Waals surface area (Å²) in [6.45, 7) is 0. The van der Waals surface area contributed by atoms with Crippen LogP contribution in [0.25, 0.3) is 22.3 Å². The number of aromatic amines is 1. The molecule has 0 spiro atoms. The van der Waals surface area contributed by atoms with E-state index in [0.717, 1.165) is 17.7 Å². The Labute approximate surface area is 191 Å². The number of fused-ring (bicyclic) bond motifs is 1. The van der Waals surface area contributed by atoms with Crippen molar-refractivity contribution < 1.29 is 18.4 Å². The number of nitrogens with zero attached hydrogens (tertiary/aromatic N) is 3. The first-order valence-corrected chi connectivity index (χ1v) is 10.1. The fourth-order valence-electron chi connectivity index (χ4n) is 3.45. The summed E-state index contributed by atoms with van der Waals surface area (Å²) >= 11 is 0. The van der Waals surface area contributed by atoms with E-state index in [1.807, 2.05) is 0 Å². The number of hydrogen-bond acceptors (Lipinski definition) is 5. The van der Waals surface area contributed by atoms with Gasteiger partial charge >= 0.3 is 0 Å². The first-order valence-electron chi connectivity index (χ1n) is 10.1. The van der Waals surface area contributed by atoms with Crippen molar-refractivity contribution in [3.63, 3.8) is 0 Å². The third kappa shape index (κ3) is 4.14. The van der Waals surface area contributed by atoms with Crippen LogP contribution in [0, 0.1) is 11.6 Å². The Morgan fingerprint density at radius 1 is 0.882 bits per heavy atom. The quantitative estimate of drug-likeness (QED) is 0.372. The molecular formula is C25H15F2N5O2. The van der Waals surface area contributed by atoms with Crippen molar-refractivity contribution >= 4 is 28.4 Å². The number of halogens is 2. The number of benzene rings is 3. The van der Waals surface area contributed by atoms with Crippen molar-refractivity contribution in [1.29, 1.82) is 0 Å². The molecule has 2 heterocycles. The summed E-state index contributed by atoms with van der Waals surface area (Å²) in [4.78, 5) is 34.4. The fraction of sp³-hybridized carbons (Fsp3) is 0. The second kappa shape index (κ2) is 8.62. The zero-order valence-corrected chi connectivity index (χ0v) is 17.4. The lowest BCUT2D eigenvalue weighted by Gasteiger charge is -2.09. The number of hydrogen-bond donors (Lipinski definition) is 2. The Morgan fingerprint density at radius 2 is 1.76 bits per heavy atom. The van der Waals surface area contributed by atoms with E-state index in [1.165, 1.54) is 42.5 Å². The molecule has 0 atom stereocenters. The van der Waals surface area contributed by atoms with E-state index < -0.39 is 23.3 Å². The summed E-state index contributed by atoms with van der Waals surface area (Å²) in [5.41, 5.74) is 2.61. The largest absolute Gasteiger partial charge is 0.322 e. The highest BCUT2D eigenvalue weighted by Gasteiger charge is 2.17. The molecule has 0 saturated carbocycles. The number of carbonyl (C=O) groups is 2. The third-order valence-corrected chi connectivity index (χ3v) is 5.15. The van der Waals surface area contributed by atoms with Gasteiger partial charge in [-0.1, -0.05) is 6.07 Å². The number of anilines is 1. The van der Waals surface area contributed by atoms with Crippen LogP contribution < -0.4 is 5.32 Å². The van der Waals surface area contributed by atoms with Gasteiger partial charge in [0.05, 0.1) is 34.7 Å². The Hall–Kier alpha value is -4.79. The van der Waals surface area contributed by atoms with Crippen molar-refractivity contribution in [2.24, 2.45) is 0 Å². The van der Waals surface area contributed by atoms with Crippen LogP contribution in [0.5, 0.6) is 0 Å². The molecule has 166 valence electrons. The van der Waals surface area contributed by atoms with Gasteiger partial charge in [0, 0.05) is 28.6 Å². The van der Waals surface area contributed by atoms with Crippen LogP contribution in [-0.2, 0) is 0 Å². The Morgan fingerprint density at radius 3 is 2.56 bits per heavy atom. The van der Waals surface area contributed by atoms with Gasteiger partial charge in [0.15, 0.2) is 5.78 Å². The van der Waals surface area contributed by atoms with Gasteiger partial charge in [-0.2, -0.15) is 5.10 Å². The molecule has 0 saturated heterocycles. The number of ketones is 1. The SMILES string of the molecule is O=C(Nc1ccc(F)c(C(=O)c2ccc3ncc(-c4cn[nH]c4)nc3c2)c1)c1cccc(F)c1. The zero-order chi connectivity index (χ0) is 23.7. The maximum atomic E-state index is 14.6. The van der Waals surface area contributed by atoms with Crippen molar-refractivity contribution in [2.75, 3.05) is 5.32 Å². The van der Waals surface area contributed by atoms with E-state index in [9.17, 15) is 18.4 Å². The monoisotopic (exact) mass is 455 g/mol. The number of H-pyrrole nitrogens is 1. The molecule has 2 aromatic heterocycles. The first-order chi connectivity index (χ1) is 16.5. The highest BCUT2D eigenvalue weighted by Crippen LogP contribution is 2.23. The second-order valence-corrected chi connectivity index (χ2v) is 7.43. The number of carbonyl (C=O) groups excluding carboxylic acids is 2. The highest BCUT2D eigenvalue weighted by molar-refractivity contribution is 6.11. The molecule has 2 N–H and O–H groups in total. The van der Waals surface area contributed by atoms with Gasteiger partial charge in [-0.3, -0.25) is 19.7 Å². The van der Waals surface area contributed by atoms with Crippen LogP contribution in [0.1, 0.15) is 26.3 Å². The molecule has 3 aromatic carbocycles. The molecule has 0 radical (unpaired) electrons. The van der Waals surface area contributed by atoms with Crippen LogP contribution in [-0.4, -0.2) is 31.9 Å². The van der Waals surface area contributed by atoms with Crippen LogP contribution in [0.15, 0.2) is 79.3 Å². The standard InChI is InChI=1S/C25H15F2N5O2/c26-17-3-1-2-15(8-17)25(34)31-18-5-6-20(27)19(10-18)24(33)14-4-7-21-22(9-14)32-23(13-28-21)16-11-29-30-12-16/h1-13H,(H,29,30)(H,31,34). The molecule has 7 nitrogen and oxygen atoms in total. The van der Waals surface area contributed by atoms with Crippen LogP contribution >= 0.6 is 0 Å². The Balaban J connectivity index is 1.45. The van der Waals surface area contributed by atoms with E-state index in [0.29, 0.717) is 16.7 Å².